The highest BCUT2D eigenvalue weighted by molar-refractivity contribution is 9.10. The number of nitrogens with zero attached hydrogens (tertiary/aromatic N) is 2. The van der Waals surface area contributed by atoms with Crippen molar-refractivity contribution in [2.75, 3.05) is 5.32 Å². The summed E-state index contributed by atoms with van der Waals surface area (Å²) in [4.78, 5) is 0. The molecule has 0 spiro atoms. The van der Waals surface area contributed by atoms with Crippen molar-refractivity contribution in [2.45, 2.75) is 6.36 Å². The first-order valence-corrected chi connectivity index (χ1v) is 5.47. The Bertz CT molecular complexity index is 568. The monoisotopic (exact) mass is 331 g/mol. The van der Waals surface area contributed by atoms with E-state index in [0.717, 1.165) is 18.3 Å². The van der Waals surface area contributed by atoms with Crippen molar-refractivity contribution in [1.82, 2.24) is 0 Å². The molecule has 0 aromatic heterocycles. The molecule has 0 unspecified atom stereocenters. The zero-order valence-corrected chi connectivity index (χ0v) is 10.7. The summed E-state index contributed by atoms with van der Waals surface area (Å²) in [6, 6.07) is 6.80. The largest absolute Gasteiger partial charge is 0.573 e. The maximum Gasteiger partial charge on any atom is 0.573 e. The van der Waals surface area contributed by atoms with E-state index in [1.807, 2.05) is 0 Å². The SMILES string of the molecule is N#CC(C#N)=CNc1ccc(OC(F)(F)F)cc1Br. The Balaban J connectivity index is 2.88. The van der Waals surface area contributed by atoms with Gasteiger partial charge in [0.15, 0.2) is 0 Å². The molecule has 0 aliphatic heterocycles. The van der Waals surface area contributed by atoms with Gasteiger partial charge in [-0.3, -0.25) is 0 Å². The summed E-state index contributed by atoms with van der Waals surface area (Å²) < 4.78 is 40.0. The molecule has 0 aliphatic carbocycles. The highest BCUT2D eigenvalue weighted by Gasteiger charge is 2.31. The number of rotatable bonds is 3. The van der Waals surface area contributed by atoms with Crippen LogP contribution in [0, 0.1) is 22.7 Å². The van der Waals surface area contributed by atoms with Crippen LogP contribution in [0.5, 0.6) is 5.75 Å². The van der Waals surface area contributed by atoms with E-state index in [1.165, 1.54) is 6.07 Å². The van der Waals surface area contributed by atoms with E-state index in [4.69, 9.17) is 10.5 Å². The molecular formula is C11H5BrF3N3O. The molecule has 1 N–H and O–H groups in total. The van der Waals surface area contributed by atoms with Gasteiger partial charge in [0.2, 0.25) is 0 Å². The molecule has 0 bridgehead atoms. The molecule has 0 aliphatic rings. The molecule has 1 aromatic carbocycles. The highest BCUT2D eigenvalue weighted by atomic mass is 79.9. The van der Waals surface area contributed by atoms with Crippen LogP contribution in [0.1, 0.15) is 0 Å². The molecule has 4 nitrogen and oxygen atoms in total. The summed E-state index contributed by atoms with van der Waals surface area (Å²) in [5, 5.41) is 19.6. The van der Waals surface area contributed by atoms with E-state index in [1.54, 1.807) is 12.1 Å². The summed E-state index contributed by atoms with van der Waals surface area (Å²) in [6.07, 6.45) is -3.62. The van der Waals surface area contributed by atoms with Crippen molar-refractivity contribution < 1.29 is 17.9 Å². The topological polar surface area (TPSA) is 68.8 Å². The normalized spacial score (nSPS) is 10.0. The molecule has 0 amide bonds. The minimum Gasteiger partial charge on any atom is -0.406 e. The van der Waals surface area contributed by atoms with Crippen molar-refractivity contribution in [2.24, 2.45) is 0 Å². The Hall–Kier alpha value is -2.19. The molecule has 0 radical (unpaired) electrons. The number of nitriles is 2. The van der Waals surface area contributed by atoms with Gasteiger partial charge in [0.05, 0.1) is 5.69 Å². The van der Waals surface area contributed by atoms with Crippen LogP contribution < -0.4 is 10.1 Å². The Labute approximate surface area is 114 Å². The Kier molecular flexibility index (Phi) is 4.79. The van der Waals surface area contributed by atoms with Gasteiger partial charge in [0.1, 0.15) is 23.5 Å². The van der Waals surface area contributed by atoms with Crippen LogP contribution in [0.3, 0.4) is 0 Å². The number of hydrogen-bond donors (Lipinski definition) is 1. The molecule has 98 valence electrons. The van der Waals surface area contributed by atoms with Crippen LogP contribution in [-0.2, 0) is 0 Å². The highest BCUT2D eigenvalue weighted by Crippen LogP contribution is 2.30. The molecule has 19 heavy (non-hydrogen) atoms. The summed E-state index contributed by atoms with van der Waals surface area (Å²) in [6.45, 7) is 0. The van der Waals surface area contributed by atoms with E-state index >= 15 is 0 Å². The fourth-order valence-corrected chi connectivity index (χ4v) is 1.52. The lowest BCUT2D eigenvalue weighted by atomic mass is 10.3. The van der Waals surface area contributed by atoms with Gasteiger partial charge in [0.25, 0.3) is 0 Å². The number of alkyl halides is 3. The third kappa shape index (κ3) is 4.90. The van der Waals surface area contributed by atoms with Crippen molar-refractivity contribution in [3.8, 4) is 17.9 Å². The van der Waals surface area contributed by atoms with Crippen molar-refractivity contribution in [3.05, 3.63) is 34.4 Å². The average molecular weight is 332 g/mol. The van der Waals surface area contributed by atoms with E-state index in [9.17, 15) is 13.2 Å². The van der Waals surface area contributed by atoms with Crippen LogP contribution in [0.4, 0.5) is 18.9 Å². The first kappa shape index (κ1) is 14.9. The fraction of sp³-hybridized carbons (Fsp3) is 0.0909. The first-order valence-electron chi connectivity index (χ1n) is 4.68. The van der Waals surface area contributed by atoms with Gasteiger partial charge in [-0.1, -0.05) is 0 Å². The van der Waals surface area contributed by atoms with Gasteiger partial charge in [0, 0.05) is 10.7 Å². The van der Waals surface area contributed by atoms with E-state index in [0.29, 0.717) is 10.2 Å². The maximum atomic E-state index is 12.0. The predicted octanol–water partition coefficient (Wildman–Crippen LogP) is 3.69. The van der Waals surface area contributed by atoms with Crippen molar-refractivity contribution >= 4 is 21.6 Å². The summed E-state index contributed by atoms with van der Waals surface area (Å²) in [5.74, 6) is -0.380. The second kappa shape index (κ2) is 6.12. The van der Waals surface area contributed by atoms with Gasteiger partial charge in [-0.2, -0.15) is 10.5 Å². The molecule has 0 saturated carbocycles. The number of anilines is 1. The summed E-state index contributed by atoms with van der Waals surface area (Å²) >= 11 is 3.04. The quantitative estimate of drug-likeness (QED) is 0.857. The third-order valence-corrected chi connectivity index (χ3v) is 2.44. The molecular weight excluding hydrogens is 327 g/mol. The molecule has 0 heterocycles. The Morgan fingerprint density at radius 1 is 1.32 bits per heavy atom. The van der Waals surface area contributed by atoms with Crippen LogP contribution in [0.2, 0.25) is 0 Å². The van der Waals surface area contributed by atoms with E-state index in [-0.39, 0.29) is 11.3 Å². The van der Waals surface area contributed by atoms with Gasteiger partial charge in [-0.05, 0) is 34.1 Å². The zero-order chi connectivity index (χ0) is 14.5. The van der Waals surface area contributed by atoms with Gasteiger partial charge in [-0.15, -0.1) is 13.2 Å². The first-order chi connectivity index (χ1) is 8.85. The second-order valence-electron chi connectivity index (χ2n) is 3.12. The lowest BCUT2D eigenvalue weighted by Crippen LogP contribution is -2.17. The lowest BCUT2D eigenvalue weighted by molar-refractivity contribution is -0.274. The number of halogens is 4. The minimum atomic E-state index is -4.76. The van der Waals surface area contributed by atoms with Crippen molar-refractivity contribution in [1.29, 1.82) is 10.5 Å². The predicted molar refractivity (Wildman–Crippen MR) is 63.8 cm³/mol. The molecule has 0 fully saturated rings. The summed E-state index contributed by atoms with van der Waals surface area (Å²) in [7, 11) is 0. The number of allylic oxidation sites excluding steroid dienone is 1. The maximum absolute atomic E-state index is 12.0. The van der Waals surface area contributed by atoms with Crippen LogP contribution in [0.15, 0.2) is 34.4 Å². The number of ether oxygens (including phenoxy) is 1. The van der Waals surface area contributed by atoms with Crippen LogP contribution in [-0.4, -0.2) is 6.36 Å². The molecule has 8 heteroatoms. The minimum absolute atomic E-state index is 0.164. The zero-order valence-electron chi connectivity index (χ0n) is 9.12. The Morgan fingerprint density at radius 3 is 2.42 bits per heavy atom. The summed E-state index contributed by atoms with van der Waals surface area (Å²) in [5.41, 5.74) is 0.222. The van der Waals surface area contributed by atoms with Gasteiger partial charge < -0.3 is 10.1 Å². The van der Waals surface area contributed by atoms with Gasteiger partial charge in [-0.25, -0.2) is 0 Å². The lowest BCUT2D eigenvalue weighted by Gasteiger charge is -2.10. The Morgan fingerprint density at radius 2 is 1.95 bits per heavy atom. The standard InChI is InChI=1S/C11H5BrF3N3O/c12-9-3-8(19-11(13,14)15)1-2-10(9)18-6-7(4-16)5-17/h1-3,6,18H. The molecule has 0 atom stereocenters. The smallest absolute Gasteiger partial charge is 0.406 e. The number of nitrogens with one attached hydrogen (secondary N) is 1. The fourth-order valence-electron chi connectivity index (χ4n) is 1.05. The third-order valence-electron chi connectivity index (χ3n) is 1.79. The number of hydrogen-bond acceptors (Lipinski definition) is 4. The van der Waals surface area contributed by atoms with Crippen LogP contribution in [0.25, 0.3) is 0 Å². The van der Waals surface area contributed by atoms with E-state index in [2.05, 4.69) is 26.0 Å². The van der Waals surface area contributed by atoms with Crippen LogP contribution >= 0.6 is 15.9 Å². The molecule has 1 aromatic rings. The average Bonchev–Trinajstić information content (AvgIpc) is 2.30. The number of benzene rings is 1. The molecule has 1 rings (SSSR count). The van der Waals surface area contributed by atoms with E-state index < -0.39 is 6.36 Å². The molecule has 0 saturated heterocycles. The van der Waals surface area contributed by atoms with Gasteiger partial charge >= 0.3 is 6.36 Å². The second-order valence-corrected chi connectivity index (χ2v) is 3.97. The van der Waals surface area contributed by atoms with Crippen molar-refractivity contribution in [3.63, 3.8) is 0 Å².